The number of hydrazine groups is 1. The average Bonchev–Trinajstić information content (AvgIpc) is 2.89. The molecule has 1 aromatic carbocycles. The van der Waals surface area contributed by atoms with Gasteiger partial charge in [-0.1, -0.05) is 11.6 Å². The molecule has 0 amide bonds. The summed E-state index contributed by atoms with van der Waals surface area (Å²) in [6, 6.07) is 11.6. The molecule has 0 saturated carbocycles. The molecule has 5 heteroatoms. The zero-order chi connectivity index (χ0) is 13.1. The molecule has 2 heterocycles. The number of aliphatic imine (C=N–C) groups is 1. The molecule has 96 valence electrons. The quantitative estimate of drug-likeness (QED) is 0.913. The topological polar surface area (TPSA) is 40.5 Å². The van der Waals surface area contributed by atoms with Crippen molar-refractivity contribution in [1.82, 2.24) is 10.4 Å². The molecule has 0 spiro atoms. The van der Waals surface area contributed by atoms with Gasteiger partial charge in [-0.2, -0.15) is 0 Å². The van der Waals surface area contributed by atoms with Crippen molar-refractivity contribution in [2.24, 2.45) is 4.99 Å². The number of pyridine rings is 1. The van der Waals surface area contributed by atoms with E-state index < -0.39 is 0 Å². The van der Waals surface area contributed by atoms with Crippen LogP contribution >= 0.6 is 11.6 Å². The van der Waals surface area contributed by atoms with Crippen molar-refractivity contribution in [2.75, 3.05) is 11.6 Å². The van der Waals surface area contributed by atoms with Gasteiger partial charge in [0, 0.05) is 24.2 Å². The molecule has 0 atom stereocenters. The van der Waals surface area contributed by atoms with Crippen molar-refractivity contribution in [2.45, 2.75) is 6.42 Å². The third kappa shape index (κ3) is 2.85. The summed E-state index contributed by atoms with van der Waals surface area (Å²) < 4.78 is 0. The van der Waals surface area contributed by atoms with E-state index in [2.05, 4.69) is 20.4 Å². The Morgan fingerprint density at radius 2 is 2.05 bits per heavy atom. The minimum atomic E-state index is 0.743. The molecule has 3 rings (SSSR count). The van der Waals surface area contributed by atoms with Crippen LogP contribution in [0.5, 0.6) is 0 Å². The SMILES string of the molecule is Clc1ccc(N2CCC(=Nc3cccnc3)N2)cc1. The van der Waals surface area contributed by atoms with Crippen LogP contribution in [0.15, 0.2) is 53.8 Å². The van der Waals surface area contributed by atoms with E-state index in [0.717, 1.165) is 35.2 Å². The maximum Gasteiger partial charge on any atom is 0.123 e. The number of anilines is 1. The van der Waals surface area contributed by atoms with Gasteiger partial charge >= 0.3 is 0 Å². The summed E-state index contributed by atoms with van der Waals surface area (Å²) in [5, 5.41) is 2.80. The second kappa shape index (κ2) is 5.28. The second-order valence-electron chi connectivity index (χ2n) is 4.26. The van der Waals surface area contributed by atoms with Crippen molar-refractivity contribution >= 4 is 28.8 Å². The molecule has 2 aromatic rings. The fraction of sp³-hybridized carbons (Fsp3) is 0.143. The van der Waals surface area contributed by atoms with Gasteiger partial charge in [0.1, 0.15) is 5.84 Å². The number of nitrogens with one attached hydrogen (secondary N) is 1. The molecule has 1 aliphatic rings. The van der Waals surface area contributed by atoms with Crippen molar-refractivity contribution in [3.63, 3.8) is 0 Å². The second-order valence-corrected chi connectivity index (χ2v) is 4.70. The smallest absolute Gasteiger partial charge is 0.123 e. The maximum absolute atomic E-state index is 5.88. The van der Waals surface area contributed by atoms with Gasteiger partial charge in [-0.25, -0.2) is 4.99 Å². The van der Waals surface area contributed by atoms with E-state index in [0.29, 0.717) is 0 Å². The Balaban J connectivity index is 1.74. The van der Waals surface area contributed by atoms with Gasteiger partial charge in [0.25, 0.3) is 0 Å². The molecule has 0 aliphatic carbocycles. The molecule has 1 N–H and O–H groups in total. The minimum Gasteiger partial charge on any atom is -0.286 e. The van der Waals surface area contributed by atoms with Crippen molar-refractivity contribution in [3.8, 4) is 0 Å². The van der Waals surface area contributed by atoms with E-state index in [-0.39, 0.29) is 0 Å². The summed E-state index contributed by atoms with van der Waals surface area (Å²) in [7, 11) is 0. The minimum absolute atomic E-state index is 0.743. The van der Waals surface area contributed by atoms with Gasteiger partial charge in [-0.05, 0) is 36.4 Å². The molecule has 0 radical (unpaired) electrons. The summed E-state index contributed by atoms with van der Waals surface area (Å²) in [6.45, 7) is 0.890. The van der Waals surface area contributed by atoms with Crippen LogP contribution in [0, 0.1) is 0 Å². The van der Waals surface area contributed by atoms with Gasteiger partial charge in [0.05, 0.1) is 17.6 Å². The zero-order valence-corrected chi connectivity index (χ0v) is 11.0. The van der Waals surface area contributed by atoms with E-state index in [1.807, 2.05) is 36.4 Å². The van der Waals surface area contributed by atoms with Crippen molar-refractivity contribution in [3.05, 3.63) is 53.8 Å². The van der Waals surface area contributed by atoms with Crippen LogP contribution < -0.4 is 10.4 Å². The number of aromatic nitrogens is 1. The Morgan fingerprint density at radius 3 is 2.79 bits per heavy atom. The Labute approximate surface area is 116 Å². The van der Waals surface area contributed by atoms with Gasteiger partial charge in [0.2, 0.25) is 0 Å². The van der Waals surface area contributed by atoms with E-state index in [4.69, 9.17) is 11.6 Å². The van der Waals surface area contributed by atoms with Crippen LogP contribution in [0.1, 0.15) is 6.42 Å². The number of hydrogen-bond donors (Lipinski definition) is 1. The van der Waals surface area contributed by atoms with E-state index >= 15 is 0 Å². The average molecular weight is 273 g/mol. The fourth-order valence-corrected chi connectivity index (χ4v) is 2.08. The number of amidine groups is 1. The summed E-state index contributed by atoms with van der Waals surface area (Å²) in [5.41, 5.74) is 5.24. The number of rotatable bonds is 2. The molecule has 1 saturated heterocycles. The molecule has 4 nitrogen and oxygen atoms in total. The van der Waals surface area contributed by atoms with E-state index in [1.165, 1.54) is 0 Å². The van der Waals surface area contributed by atoms with Gasteiger partial charge < -0.3 is 0 Å². The van der Waals surface area contributed by atoms with Gasteiger partial charge in [-0.3, -0.25) is 15.4 Å². The molecule has 1 aromatic heterocycles. The number of benzene rings is 1. The third-order valence-electron chi connectivity index (χ3n) is 2.88. The lowest BCUT2D eigenvalue weighted by Crippen LogP contribution is -2.32. The van der Waals surface area contributed by atoms with Crippen LogP contribution in [0.2, 0.25) is 5.02 Å². The summed E-state index contributed by atoms with van der Waals surface area (Å²) in [5.74, 6) is 0.947. The van der Waals surface area contributed by atoms with Crippen LogP contribution in [-0.2, 0) is 0 Å². The molecular weight excluding hydrogens is 260 g/mol. The van der Waals surface area contributed by atoms with E-state index in [9.17, 15) is 0 Å². The van der Waals surface area contributed by atoms with Gasteiger partial charge in [-0.15, -0.1) is 0 Å². The lowest BCUT2D eigenvalue weighted by Gasteiger charge is -2.17. The predicted octanol–water partition coefficient (Wildman–Crippen LogP) is 3.18. The Hall–Kier alpha value is -2.07. The standard InChI is InChI=1S/C14H13ClN4/c15-11-3-5-13(6-4-11)19-9-7-14(18-19)17-12-2-1-8-16-10-12/h1-6,8,10H,7,9H2,(H,17,18). The predicted molar refractivity (Wildman–Crippen MR) is 77.9 cm³/mol. The maximum atomic E-state index is 5.88. The normalized spacial score (nSPS) is 16.7. The first kappa shape index (κ1) is 12.0. The monoisotopic (exact) mass is 272 g/mol. The molecule has 1 aliphatic heterocycles. The molecule has 1 fully saturated rings. The van der Waals surface area contributed by atoms with Crippen LogP contribution in [-0.4, -0.2) is 17.4 Å². The zero-order valence-electron chi connectivity index (χ0n) is 10.3. The highest BCUT2D eigenvalue weighted by molar-refractivity contribution is 6.30. The first-order valence-electron chi connectivity index (χ1n) is 6.08. The number of nitrogens with zero attached hydrogens (tertiary/aromatic N) is 3. The number of hydrogen-bond acceptors (Lipinski definition) is 3. The first-order chi connectivity index (χ1) is 9.31. The van der Waals surface area contributed by atoms with Crippen LogP contribution in [0.25, 0.3) is 0 Å². The Bertz CT molecular complexity index is 580. The fourth-order valence-electron chi connectivity index (χ4n) is 1.96. The highest BCUT2D eigenvalue weighted by Gasteiger charge is 2.17. The first-order valence-corrected chi connectivity index (χ1v) is 6.46. The molecular formula is C14H13ClN4. The largest absolute Gasteiger partial charge is 0.286 e. The van der Waals surface area contributed by atoms with Crippen molar-refractivity contribution < 1.29 is 0 Å². The van der Waals surface area contributed by atoms with Crippen LogP contribution in [0.4, 0.5) is 11.4 Å². The Kier molecular flexibility index (Phi) is 3.33. The van der Waals surface area contributed by atoms with Gasteiger partial charge in [0.15, 0.2) is 0 Å². The third-order valence-corrected chi connectivity index (χ3v) is 3.14. The van der Waals surface area contributed by atoms with Crippen molar-refractivity contribution in [1.29, 1.82) is 0 Å². The molecule has 0 bridgehead atoms. The summed E-state index contributed by atoms with van der Waals surface area (Å²) in [6.07, 6.45) is 4.38. The summed E-state index contributed by atoms with van der Waals surface area (Å²) in [4.78, 5) is 8.58. The number of halogens is 1. The van der Waals surface area contributed by atoms with E-state index in [1.54, 1.807) is 12.4 Å². The lowest BCUT2D eigenvalue weighted by atomic mass is 10.3. The summed E-state index contributed by atoms with van der Waals surface area (Å²) >= 11 is 5.88. The molecule has 0 unspecified atom stereocenters. The highest BCUT2D eigenvalue weighted by Crippen LogP contribution is 2.20. The van der Waals surface area contributed by atoms with Crippen LogP contribution in [0.3, 0.4) is 0 Å². The molecule has 19 heavy (non-hydrogen) atoms. The Morgan fingerprint density at radius 1 is 1.21 bits per heavy atom. The lowest BCUT2D eigenvalue weighted by molar-refractivity contribution is 0.858. The highest BCUT2D eigenvalue weighted by atomic mass is 35.5.